The lowest BCUT2D eigenvalue weighted by Gasteiger charge is -1.82. The van der Waals surface area contributed by atoms with Crippen LogP contribution in [-0.4, -0.2) is 11.9 Å². The molecule has 0 spiro atoms. The average Bonchev–Trinajstić information content (AvgIpc) is 2.41. The summed E-state index contributed by atoms with van der Waals surface area (Å²) in [6.45, 7) is 0. The van der Waals surface area contributed by atoms with E-state index in [-0.39, 0.29) is 0 Å². The highest BCUT2D eigenvalue weighted by Crippen LogP contribution is 2.72. The normalized spacial score (nSPS) is 69.4. The number of hydrogen-bond donors (Lipinski definition) is 1. The van der Waals surface area contributed by atoms with Gasteiger partial charge in [-0.3, -0.25) is 4.79 Å². The fourth-order valence-corrected chi connectivity index (χ4v) is 1.82. The molecule has 2 saturated carbocycles. The largest absolute Gasteiger partial charge is 0.352 e. The SMILES string of the molecule is O=C1NC2C3C1C23. The quantitative estimate of drug-likeness (QED) is 0.426. The number of fused-ring (bicyclic) bond motifs is 1. The van der Waals surface area contributed by atoms with Gasteiger partial charge >= 0.3 is 0 Å². The van der Waals surface area contributed by atoms with Crippen LogP contribution in [0.15, 0.2) is 0 Å². The monoisotopic (exact) mass is 95.0 g/mol. The predicted molar refractivity (Wildman–Crippen MR) is 22.4 cm³/mol. The first-order chi connectivity index (χ1) is 3.39. The van der Waals surface area contributed by atoms with Crippen LogP contribution >= 0.6 is 0 Å². The first-order valence-electron chi connectivity index (χ1n) is 2.70. The van der Waals surface area contributed by atoms with Crippen molar-refractivity contribution in [3.63, 3.8) is 0 Å². The molecule has 1 amide bonds. The summed E-state index contributed by atoms with van der Waals surface area (Å²) in [4.78, 5) is 10.5. The molecule has 0 aromatic rings. The van der Waals surface area contributed by atoms with Crippen LogP contribution in [0, 0.1) is 17.8 Å². The standard InChI is InChI=1S/C5H5NO/c7-5-3-1-2(3)4(1)6-5/h1-4H,(H,6,7). The average molecular weight is 95.1 g/mol. The molecule has 2 nitrogen and oxygen atoms in total. The van der Waals surface area contributed by atoms with Crippen LogP contribution in [0.5, 0.6) is 0 Å². The van der Waals surface area contributed by atoms with Crippen LogP contribution in [0.4, 0.5) is 0 Å². The molecular formula is C5H5NO. The molecule has 2 saturated heterocycles. The topological polar surface area (TPSA) is 29.1 Å². The number of amides is 1. The van der Waals surface area contributed by atoms with Crippen LogP contribution < -0.4 is 5.32 Å². The summed E-state index contributed by atoms with van der Waals surface area (Å²) in [5.74, 6) is 2.44. The molecule has 2 aliphatic carbocycles. The molecule has 2 heterocycles. The molecule has 36 valence electrons. The van der Waals surface area contributed by atoms with E-state index in [1.807, 2.05) is 0 Å². The minimum absolute atomic E-state index is 0.319. The van der Waals surface area contributed by atoms with Crippen molar-refractivity contribution in [2.45, 2.75) is 6.04 Å². The number of piperidine rings is 1. The summed E-state index contributed by atoms with van der Waals surface area (Å²) >= 11 is 0. The summed E-state index contributed by atoms with van der Waals surface area (Å²) in [5, 5.41) is 2.89. The third-order valence-electron chi connectivity index (χ3n) is 2.43. The zero-order valence-electron chi connectivity index (χ0n) is 3.72. The molecule has 2 heteroatoms. The van der Waals surface area contributed by atoms with Crippen molar-refractivity contribution >= 4 is 5.91 Å². The van der Waals surface area contributed by atoms with E-state index in [9.17, 15) is 4.79 Å². The Morgan fingerprint density at radius 3 is 2.29 bits per heavy atom. The van der Waals surface area contributed by atoms with Crippen molar-refractivity contribution in [1.82, 2.24) is 5.32 Å². The fraction of sp³-hybridized carbons (Fsp3) is 0.800. The molecule has 4 fully saturated rings. The third kappa shape index (κ3) is 0.120. The second-order valence-electron chi connectivity index (χ2n) is 2.71. The minimum Gasteiger partial charge on any atom is -0.352 e. The number of hydrogen-bond acceptors (Lipinski definition) is 1. The smallest absolute Gasteiger partial charge is 0.224 e. The van der Waals surface area contributed by atoms with Crippen LogP contribution in [-0.2, 0) is 4.79 Å². The Morgan fingerprint density at radius 2 is 2.14 bits per heavy atom. The molecule has 0 aromatic heterocycles. The van der Waals surface area contributed by atoms with Gasteiger partial charge < -0.3 is 5.32 Å². The Morgan fingerprint density at radius 1 is 1.43 bits per heavy atom. The molecule has 2 atom stereocenters. The lowest BCUT2D eigenvalue weighted by molar-refractivity contribution is -0.120. The maximum absolute atomic E-state index is 10.5. The number of carbonyl (C=O) groups excluding carboxylic acids is 1. The highest BCUT2D eigenvalue weighted by atomic mass is 16.2. The van der Waals surface area contributed by atoms with Gasteiger partial charge in [0.05, 0.1) is 0 Å². The van der Waals surface area contributed by atoms with Crippen molar-refractivity contribution < 1.29 is 4.79 Å². The molecule has 0 radical (unpaired) electrons. The summed E-state index contributed by atoms with van der Waals surface area (Å²) in [6, 6.07) is 0.650. The van der Waals surface area contributed by atoms with Crippen molar-refractivity contribution in [3.05, 3.63) is 0 Å². The van der Waals surface area contributed by atoms with E-state index >= 15 is 0 Å². The van der Waals surface area contributed by atoms with Gasteiger partial charge in [0.15, 0.2) is 0 Å². The third-order valence-corrected chi connectivity index (χ3v) is 2.43. The second-order valence-corrected chi connectivity index (χ2v) is 2.71. The van der Waals surface area contributed by atoms with Gasteiger partial charge in [-0.2, -0.15) is 0 Å². The molecular weight excluding hydrogens is 90.1 g/mol. The zero-order valence-corrected chi connectivity index (χ0v) is 3.72. The summed E-state index contributed by atoms with van der Waals surface area (Å²) in [5.41, 5.74) is 0. The lowest BCUT2D eigenvalue weighted by Crippen LogP contribution is -2.14. The molecule has 7 heavy (non-hydrogen) atoms. The second kappa shape index (κ2) is 0.457. The Labute approximate surface area is 40.9 Å². The van der Waals surface area contributed by atoms with Crippen LogP contribution in [0.3, 0.4) is 0 Å². The van der Waals surface area contributed by atoms with Gasteiger partial charge in [0, 0.05) is 12.0 Å². The maximum atomic E-state index is 10.5. The molecule has 2 bridgehead atoms. The van der Waals surface area contributed by atoms with Crippen LogP contribution in [0.2, 0.25) is 0 Å². The van der Waals surface area contributed by atoms with Crippen LogP contribution in [0.1, 0.15) is 0 Å². The predicted octanol–water partition coefficient (Wildman–Crippen LogP) is -0.639. The Balaban J connectivity index is 2.20. The van der Waals surface area contributed by atoms with Crippen molar-refractivity contribution in [2.75, 3.05) is 0 Å². The lowest BCUT2D eigenvalue weighted by atomic mass is 10.2. The van der Waals surface area contributed by atoms with Gasteiger partial charge in [0.1, 0.15) is 0 Å². The van der Waals surface area contributed by atoms with Crippen molar-refractivity contribution in [2.24, 2.45) is 17.8 Å². The van der Waals surface area contributed by atoms with E-state index in [4.69, 9.17) is 0 Å². The molecule has 0 aromatic carbocycles. The Bertz CT molecular complexity index is 149. The molecule has 2 aliphatic heterocycles. The van der Waals surface area contributed by atoms with E-state index in [2.05, 4.69) is 5.32 Å². The summed E-state index contributed by atoms with van der Waals surface area (Å²) < 4.78 is 0. The van der Waals surface area contributed by atoms with E-state index in [0.29, 0.717) is 17.9 Å². The fourth-order valence-electron chi connectivity index (χ4n) is 1.82. The van der Waals surface area contributed by atoms with E-state index < -0.39 is 0 Å². The van der Waals surface area contributed by atoms with Gasteiger partial charge in [-0.15, -0.1) is 0 Å². The first-order valence-corrected chi connectivity index (χ1v) is 2.70. The molecule has 4 rings (SSSR count). The van der Waals surface area contributed by atoms with E-state index in [0.717, 1.165) is 11.8 Å². The van der Waals surface area contributed by atoms with Crippen LogP contribution in [0.25, 0.3) is 0 Å². The van der Waals surface area contributed by atoms with Gasteiger partial charge in [-0.1, -0.05) is 0 Å². The highest BCUT2D eigenvalue weighted by molar-refractivity contribution is 5.91. The highest BCUT2D eigenvalue weighted by Gasteiger charge is 2.82. The number of rotatable bonds is 0. The maximum Gasteiger partial charge on any atom is 0.224 e. The summed E-state index contributed by atoms with van der Waals surface area (Å²) in [6.07, 6.45) is 0. The van der Waals surface area contributed by atoms with Gasteiger partial charge in [0.25, 0.3) is 0 Å². The van der Waals surface area contributed by atoms with E-state index in [1.165, 1.54) is 0 Å². The molecule has 4 aliphatic rings. The summed E-state index contributed by atoms with van der Waals surface area (Å²) in [7, 11) is 0. The number of nitrogens with one attached hydrogen (secondary N) is 1. The van der Waals surface area contributed by atoms with Gasteiger partial charge in [0.2, 0.25) is 5.91 Å². The zero-order chi connectivity index (χ0) is 4.59. The van der Waals surface area contributed by atoms with Crippen molar-refractivity contribution in [3.8, 4) is 0 Å². The Kier molecular flexibility index (Phi) is 0.176. The molecule has 2 unspecified atom stereocenters. The van der Waals surface area contributed by atoms with E-state index in [1.54, 1.807) is 0 Å². The number of carbonyl (C=O) groups is 1. The first kappa shape index (κ1) is 2.70. The minimum atomic E-state index is 0.319. The van der Waals surface area contributed by atoms with Gasteiger partial charge in [-0.25, -0.2) is 0 Å². The van der Waals surface area contributed by atoms with Gasteiger partial charge in [-0.05, 0) is 11.8 Å². The molecule has 1 N–H and O–H groups in total. The Hall–Kier alpha value is -0.530. The van der Waals surface area contributed by atoms with Crippen molar-refractivity contribution in [1.29, 1.82) is 0 Å².